The predicted molar refractivity (Wildman–Crippen MR) is 125 cm³/mol. The number of hydrogen-bond acceptors (Lipinski definition) is 5. The molecule has 0 spiro atoms. The largest absolute Gasteiger partial charge is 0.460 e. The average molecular weight is 437 g/mol. The number of para-hydroxylation sites is 2. The van der Waals surface area contributed by atoms with Gasteiger partial charge >= 0.3 is 11.9 Å². The van der Waals surface area contributed by atoms with Crippen molar-refractivity contribution in [2.75, 3.05) is 0 Å². The first kappa shape index (κ1) is 23.5. The SMILES string of the molecule is CC(C)(C)OC(=O)CCC(=O)OCn1c(-c2ccc(C(C)(C)C)cc2)nc2ccccc21. The standard InChI is InChI=1S/C26H32N2O4/c1-25(2,3)19-13-11-18(12-14-19)24-27-20-9-7-8-10-21(20)28(24)17-31-22(29)15-16-23(30)32-26(4,5)6/h7-14H,15-17H2,1-6H3. The average Bonchev–Trinajstić information content (AvgIpc) is 3.07. The summed E-state index contributed by atoms with van der Waals surface area (Å²) in [6.45, 7) is 11.9. The van der Waals surface area contributed by atoms with Crippen LogP contribution >= 0.6 is 0 Å². The lowest BCUT2D eigenvalue weighted by molar-refractivity contribution is -0.159. The zero-order valence-corrected chi connectivity index (χ0v) is 19.8. The minimum Gasteiger partial charge on any atom is -0.460 e. The Morgan fingerprint density at radius 1 is 0.875 bits per heavy atom. The Kier molecular flexibility index (Phi) is 6.72. The molecule has 0 fully saturated rings. The van der Waals surface area contributed by atoms with Crippen LogP contribution in [-0.4, -0.2) is 27.1 Å². The smallest absolute Gasteiger partial charge is 0.308 e. The molecule has 0 bridgehead atoms. The number of nitrogens with zero attached hydrogens (tertiary/aromatic N) is 2. The van der Waals surface area contributed by atoms with Crippen LogP contribution in [0.5, 0.6) is 0 Å². The summed E-state index contributed by atoms with van der Waals surface area (Å²) in [5.74, 6) is -0.142. The van der Waals surface area contributed by atoms with Gasteiger partial charge in [-0.1, -0.05) is 57.2 Å². The molecule has 0 amide bonds. The molecule has 0 atom stereocenters. The van der Waals surface area contributed by atoms with Gasteiger partial charge in [-0.3, -0.25) is 14.2 Å². The van der Waals surface area contributed by atoms with Crippen molar-refractivity contribution in [3.05, 3.63) is 54.1 Å². The maximum absolute atomic E-state index is 12.3. The lowest BCUT2D eigenvalue weighted by Gasteiger charge is -2.19. The zero-order chi connectivity index (χ0) is 23.5. The fraction of sp³-hybridized carbons (Fsp3) is 0.423. The van der Waals surface area contributed by atoms with E-state index < -0.39 is 17.5 Å². The van der Waals surface area contributed by atoms with E-state index in [0.29, 0.717) is 0 Å². The summed E-state index contributed by atoms with van der Waals surface area (Å²) in [5.41, 5.74) is 3.36. The molecule has 0 radical (unpaired) electrons. The molecule has 1 heterocycles. The Morgan fingerprint density at radius 3 is 2.12 bits per heavy atom. The van der Waals surface area contributed by atoms with Crippen LogP contribution in [-0.2, 0) is 31.2 Å². The van der Waals surface area contributed by atoms with Gasteiger partial charge in [-0.2, -0.15) is 0 Å². The van der Waals surface area contributed by atoms with Crippen LogP contribution in [0, 0.1) is 0 Å². The third-order valence-electron chi connectivity index (χ3n) is 4.97. The van der Waals surface area contributed by atoms with Crippen molar-refractivity contribution >= 4 is 23.0 Å². The molecule has 3 rings (SSSR count). The number of aromatic nitrogens is 2. The molecule has 2 aromatic carbocycles. The summed E-state index contributed by atoms with van der Waals surface area (Å²) in [6.07, 6.45) is -0.0426. The summed E-state index contributed by atoms with van der Waals surface area (Å²) < 4.78 is 12.6. The summed E-state index contributed by atoms with van der Waals surface area (Å²) in [6, 6.07) is 16.0. The van der Waals surface area contributed by atoms with Crippen molar-refractivity contribution in [1.29, 1.82) is 0 Å². The summed E-state index contributed by atoms with van der Waals surface area (Å²) in [4.78, 5) is 28.9. The number of imidazole rings is 1. The van der Waals surface area contributed by atoms with Gasteiger partial charge in [0, 0.05) is 5.56 Å². The van der Waals surface area contributed by atoms with Gasteiger partial charge in [0.15, 0.2) is 6.73 Å². The molecule has 1 aromatic heterocycles. The van der Waals surface area contributed by atoms with Crippen LogP contribution in [0.1, 0.15) is 59.9 Å². The molecule has 32 heavy (non-hydrogen) atoms. The third kappa shape index (κ3) is 5.96. The number of benzene rings is 2. The molecule has 170 valence electrons. The van der Waals surface area contributed by atoms with E-state index in [2.05, 4.69) is 32.9 Å². The van der Waals surface area contributed by atoms with Crippen molar-refractivity contribution in [3.63, 3.8) is 0 Å². The highest BCUT2D eigenvalue weighted by atomic mass is 16.6. The monoisotopic (exact) mass is 436 g/mol. The molecular weight excluding hydrogens is 404 g/mol. The molecule has 0 saturated heterocycles. The van der Waals surface area contributed by atoms with Gasteiger partial charge in [0.1, 0.15) is 11.4 Å². The number of fused-ring (bicyclic) bond motifs is 1. The minimum absolute atomic E-state index is 0.0120. The highest BCUT2D eigenvalue weighted by Crippen LogP contribution is 2.28. The maximum Gasteiger partial charge on any atom is 0.308 e. The third-order valence-corrected chi connectivity index (χ3v) is 4.97. The van der Waals surface area contributed by atoms with Crippen molar-refractivity contribution in [1.82, 2.24) is 9.55 Å². The minimum atomic E-state index is -0.575. The van der Waals surface area contributed by atoms with Gasteiger partial charge in [-0.05, 0) is 43.9 Å². The molecule has 6 nitrogen and oxygen atoms in total. The van der Waals surface area contributed by atoms with E-state index in [1.54, 1.807) is 20.8 Å². The maximum atomic E-state index is 12.3. The number of rotatable bonds is 6. The number of hydrogen-bond donors (Lipinski definition) is 0. The topological polar surface area (TPSA) is 70.4 Å². The van der Waals surface area contributed by atoms with Gasteiger partial charge in [0.05, 0.1) is 23.9 Å². The van der Waals surface area contributed by atoms with Crippen molar-refractivity contribution < 1.29 is 19.1 Å². The van der Waals surface area contributed by atoms with E-state index in [1.165, 1.54) is 5.56 Å². The molecule has 0 aliphatic carbocycles. The van der Waals surface area contributed by atoms with Crippen molar-refractivity contribution in [2.24, 2.45) is 0 Å². The second-order valence-corrected chi connectivity index (χ2v) is 9.91. The normalized spacial score (nSPS) is 12.1. The van der Waals surface area contributed by atoms with Crippen LogP contribution in [0.15, 0.2) is 48.5 Å². The van der Waals surface area contributed by atoms with E-state index in [4.69, 9.17) is 14.5 Å². The molecule has 6 heteroatoms. The van der Waals surface area contributed by atoms with Crippen LogP contribution in [0.4, 0.5) is 0 Å². The molecular formula is C26H32N2O4. The Bertz CT molecular complexity index is 1100. The summed E-state index contributed by atoms with van der Waals surface area (Å²) >= 11 is 0. The number of carbonyl (C=O) groups excluding carboxylic acids is 2. The van der Waals surface area contributed by atoms with Gasteiger partial charge in [-0.25, -0.2) is 4.98 Å². The Morgan fingerprint density at radius 2 is 1.50 bits per heavy atom. The van der Waals surface area contributed by atoms with Crippen molar-refractivity contribution in [3.8, 4) is 11.4 Å². The van der Waals surface area contributed by atoms with Crippen LogP contribution in [0.25, 0.3) is 22.4 Å². The van der Waals surface area contributed by atoms with Gasteiger partial charge in [0.25, 0.3) is 0 Å². The van der Waals surface area contributed by atoms with E-state index in [9.17, 15) is 9.59 Å². The predicted octanol–water partition coefficient (Wildman–Crippen LogP) is 5.62. The van der Waals surface area contributed by atoms with E-state index in [-0.39, 0.29) is 25.0 Å². The molecule has 0 aliphatic rings. The highest BCUT2D eigenvalue weighted by Gasteiger charge is 2.19. The number of esters is 2. The van der Waals surface area contributed by atoms with Crippen LogP contribution in [0.2, 0.25) is 0 Å². The lowest BCUT2D eigenvalue weighted by atomic mass is 9.87. The Hall–Kier alpha value is -3.15. The van der Waals surface area contributed by atoms with Gasteiger partial charge in [0.2, 0.25) is 0 Å². The Balaban J connectivity index is 1.76. The number of carbonyl (C=O) groups is 2. The molecule has 0 unspecified atom stereocenters. The first-order valence-electron chi connectivity index (χ1n) is 10.9. The Labute approximate surface area is 189 Å². The molecule has 0 saturated carbocycles. The quantitative estimate of drug-likeness (QED) is 0.469. The first-order chi connectivity index (χ1) is 14.9. The van der Waals surface area contributed by atoms with Crippen LogP contribution in [0.3, 0.4) is 0 Å². The van der Waals surface area contributed by atoms with E-state index in [0.717, 1.165) is 22.4 Å². The number of ether oxygens (including phenoxy) is 2. The fourth-order valence-corrected chi connectivity index (χ4v) is 3.35. The first-order valence-corrected chi connectivity index (χ1v) is 10.9. The summed E-state index contributed by atoms with van der Waals surface area (Å²) in [7, 11) is 0. The van der Waals surface area contributed by atoms with Crippen LogP contribution < -0.4 is 0 Å². The second kappa shape index (κ2) is 9.15. The zero-order valence-electron chi connectivity index (χ0n) is 19.8. The van der Waals surface area contributed by atoms with E-state index >= 15 is 0 Å². The molecule has 0 N–H and O–H groups in total. The molecule has 0 aliphatic heterocycles. The van der Waals surface area contributed by atoms with Gasteiger partial charge < -0.3 is 9.47 Å². The molecule has 3 aromatic rings. The fourth-order valence-electron chi connectivity index (χ4n) is 3.35. The summed E-state index contributed by atoms with van der Waals surface area (Å²) in [5, 5.41) is 0. The van der Waals surface area contributed by atoms with Crippen molar-refractivity contribution in [2.45, 2.75) is 72.1 Å². The van der Waals surface area contributed by atoms with E-state index in [1.807, 2.05) is 41.0 Å². The highest BCUT2D eigenvalue weighted by molar-refractivity contribution is 5.81. The lowest BCUT2D eigenvalue weighted by Crippen LogP contribution is -2.24. The van der Waals surface area contributed by atoms with Gasteiger partial charge in [-0.15, -0.1) is 0 Å². The second-order valence-electron chi connectivity index (χ2n) is 9.91.